The molecule has 1 aliphatic rings. The summed E-state index contributed by atoms with van der Waals surface area (Å²) in [6.45, 7) is 6.71. The van der Waals surface area contributed by atoms with Gasteiger partial charge in [-0.25, -0.2) is 0 Å². The second-order valence-corrected chi connectivity index (χ2v) is 9.97. The highest BCUT2D eigenvalue weighted by Gasteiger charge is 2.51. The number of hydrogen-bond donors (Lipinski definition) is 1. The predicted octanol–water partition coefficient (Wildman–Crippen LogP) is 1.45. The highest BCUT2D eigenvalue weighted by atomic mass is 32.2. The number of carbonyl (C=O) groups is 4. The van der Waals surface area contributed by atoms with Gasteiger partial charge in [0.15, 0.2) is 23.2 Å². The molecule has 0 unspecified atom stereocenters. The highest BCUT2D eigenvalue weighted by Crippen LogP contribution is 2.35. The molecule has 3 rings (SSSR count). The molecule has 1 aliphatic heterocycles. The van der Waals surface area contributed by atoms with Crippen molar-refractivity contribution in [2.75, 3.05) is 6.61 Å². The van der Waals surface area contributed by atoms with Crippen LogP contribution in [0.2, 0.25) is 0 Å². The summed E-state index contributed by atoms with van der Waals surface area (Å²) in [6, 6.07) is 6.63. The number of nitrogens with one attached hydrogen (secondary N) is 1. The third kappa shape index (κ3) is 8.42. The first kappa shape index (κ1) is 29.9. The van der Waals surface area contributed by atoms with Crippen LogP contribution in [0.1, 0.15) is 39.1 Å². The lowest BCUT2D eigenvalue weighted by Gasteiger charge is -2.44. The van der Waals surface area contributed by atoms with Crippen LogP contribution < -0.4 is 10.1 Å². The number of thioether (sulfide) groups is 1. The number of aromatic nitrogens is 3. The van der Waals surface area contributed by atoms with Gasteiger partial charge in [0.25, 0.3) is 0 Å². The fraction of sp³-hybridized carbons (Fsp3) is 0.520. The number of carbonyl (C=O) groups excluding carboxylic acids is 4. The Morgan fingerprint density at radius 2 is 1.72 bits per heavy atom. The van der Waals surface area contributed by atoms with Crippen molar-refractivity contribution < 1.29 is 42.9 Å². The molecule has 39 heavy (non-hydrogen) atoms. The number of hydrogen-bond acceptors (Lipinski definition) is 12. The van der Waals surface area contributed by atoms with Gasteiger partial charge in [-0.3, -0.25) is 19.2 Å². The lowest BCUT2D eigenvalue weighted by Crippen LogP contribution is -2.65. The molecular formula is C25H32N4O9S. The molecule has 0 saturated carbocycles. The summed E-state index contributed by atoms with van der Waals surface area (Å²) in [5.74, 6) is -1.15. The summed E-state index contributed by atoms with van der Waals surface area (Å²) in [5.41, 5.74) is 0.150. The van der Waals surface area contributed by atoms with Crippen LogP contribution >= 0.6 is 11.8 Å². The minimum atomic E-state index is -1.17. The van der Waals surface area contributed by atoms with Gasteiger partial charge < -0.3 is 33.6 Å². The predicted molar refractivity (Wildman–Crippen MR) is 136 cm³/mol. The van der Waals surface area contributed by atoms with Crippen molar-refractivity contribution in [3.63, 3.8) is 0 Å². The van der Waals surface area contributed by atoms with Gasteiger partial charge >= 0.3 is 17.9 Å². The Morgan fingerprint density at radius 1 is 1.03 bits per heavy atom. The second-order valence-electron chi connectivity index (χ2n) is 8.90. The van der Waals surface area contributed by atoms with Crippen LogP contribution in [0.5, 0.6) is 5.75 Å². The maximum Gasteiger partial charge on any atom is 0.303 e. The summed E-state index contributed by atoms with van der Waals surface area (Å²) in [4.78, 5) is 47.6. The third-order valence-electron chi connectivity index (χ3n) is 5.58. The molecule has 1 amide bonds. The highest BCUT2D eigenvalue weighted by molar-refractivity contribution is 7.99. The van der Waals surface area contributed by atoms with Crippen molar-refractivity contribution >= 4 is 35.6 Å². The molecule has 212 valence electrons. The number of ether oxygens (including phenoxy) is 5. The molecule has 1 aromatic carbocycles. The van der Waals surface area contributed by atoms with Gasteiger partial charge in [-0.2, -0.15) is 0 Å². The SMILES string of the molecule is CC(=O)N[C@H]1[C@H](OC(C)=O)[C@H](OC(C)=O)[C@@H](COC(C)=O)O[C@H]1Sc1nnc(COc2cccc(C)c2)n1C. The van der Waals surface area contributed by atoms with E-state index in [0.717, 1.165) is 17.3 Å². The van der Waals surface area contributed by atoms with E-state index in [4.69, 9.17) is 23.7 Å². The summed E-state index contributed by atoms with van der Waals surface area (Å²) in [6.07, 6.45) is -3.33. The van der Waals surface area contributed by atoms with Gasteiger partial charge in [0.1, 0.15) is 36.5 Å². The lowest BCUT2D eigenvalue weighted by molar-refractivity contribution is -0.211. The smallest absolute Gasteiger partial charge is 0.303 e. The molecule has 2 heterocycles. The molecule has 13 nitrogen and oxygen atoms in total. The zero-order valence-electron chi connectivity index (χ0n) is 22.5. The van der Waals surface area contributed by atoms with Crippen LogP contribution in [-0.2, 0) is 51.8 Å². The zero-order valence-corrected chi connectivity index (χ0v) is 23.4. The van der Waals surface area contributed by atoms with Crippen molar-refractivity contribution in [1.82, 2.24) is 20.1 Å². The maximum atomic E-state index is 12.1. The molecule has 1 aromatic heterocycles. The van der Waals surface area contributed by atoms with E-state index in [1.807, 2.05) is 31.2 Å². The van der Waals surface area contributed by atoms with Crippen molar-refractivity contribution in [3.8, 4) is 5.75 Å². The summed E-state index contributed by atoms with van der Waals surface area (Å²) >= 11 is 1.10. The van der Waals surface area contributed by atoms with E-state index in [1.165, 1.54) is 27.7 Å². The molecule has 14 heteroatoms. The Bertz CT molecular complexity index is 1200. The van der Waals surface area contributed by atoms with Gasteiger partial charge in [0, 0.05) is 34.7 Å². The molecule has 0 aliphatic carbocycles. The number of amides is 1. The lowest BCUT2D eigenvalue weighted by atomic mass is 9.97. The summed E-state index contributed by atoms with van der Waals surface area (Å²) < 4.78 is 29.8. The Kier molecular flexibility index (Phi) is 10.3. The first-order chi connectivity index (χ1) is 18.4. The van der Waals surface area contributed by atoms with Gasteiger partial charge in [0.2, 0.25) is 5.91 Å². The van der Waals surface area contributed by atoms with Crippen molar-refractivity contribution in [2.45, 2.75) is 76.2 Å². The van der Waals surface area contributed by atoms with Crippen molar-refractivity contribution in [1.29, 1.82) is 0 Å². The van der Waals surface area contributed by atoms with Gasteiger partial charge in [-0.15, -0.1) is 10.2 Å². The first-order valence-electron chi connectivity index (χ1n) is 12.1. The van der Waals surface area contributed by atoms with Crippen LogP contribution in [0.25, 0.3) is 0 Å². The van der Waals surface area contributed by atoms with E-state index in [0.29, 0.717) is 16.7 Å². The molecular weight excluding hydrogens is 532 g/mol. The standard InChI is InChI=1S/C25H32N4O9S/c1-13-8-7-9-18(10-13)35-12-20-27-28-25(29(20)6)39-24-21(26-14(2)30)23(37-17(5)33)22(36-16(4)32)19(38-24)11-34-15(3)31/h7-10,19,21-24H,11-12H2,1-6H3,(H,26,30)/t19-,21+,22-,23+,24+/m1/s1. The summed E-state index contributed by atoms with van der Waals surface area (Å²) in [5, 5.41) is 11.6. The van der Waals surface area contributed by atoms with Gasteiger partial charge in [-0.05, 0) is 24.6 Å². The molecule has 1 N–H and O–H groups in total. The monoisotopic (exact) mass is 564 g/mol. The van der Waals surface area contributed by atoms with Crippen molar-refractivity contribution in [3.05, 3.63) is 35.7 Å². The number of rotatable bonds is 10. The molecule has 2 aromatic rings. The van der Waals surface area contributed by atoms with E-state index >= 15 is 0 Å². The average molecular weight is 565 g/mol. The topological polar surface area (TPSA) is 157 Å². The molecule has 0 spiro atoms. The van der Waals surface area contributed by atoms with E-state index in [2.05, 4.69) is 15.5 Å². The quantitative estimate of drug-likeness (QED) is 0.328. The fourth-order valence-corrected chi connectivity index (χ4v) is 5.05. The van der Waals surface area contributed by atoms with E-state index in [1.54, 1.807) is 11.6 Å². The minimum Gasteiger partial charge on any atom is -0.486 e. The van der Waals surface area contributed by atoms with E-state index in [-0.39, 0.29) is 13.2 Å². The Morgan fingerprint density at radius 3 is 2.33 bits per heavy atom. The molecule has 1 saturated heterocycles. The van der Waals surface area contributed by atoms with Crippen LogP contribution in [0.4, 0.5) is 0 Å². The van der Waals surface area contributed by atoms with Crippen LogP contribution in [0.15, 0.2) is 29.4 Å². The second kappa shape index (κ2) is 13.4. The normalized spacial score (nSPS) is 22.5. The Labute approximate surface area is 229 Å². The van der Waals surface area contributed by atoms with E-state index in [9.17, 15) is 19.2 Å². The Balaban J connectivity index is 1.89. The number of aryl methyl sites for hydroxylation is 1. The van der Waals surface area contributed by atoms with E-state index < -0.39 is 53.6 Å². The van der Waals surface area contributed by atoms with Crippen molar-refractivity contribution in [2.24, 2.45) is 7.05 Å². The van der Waals surface area contributed by atoms with Crippen LogP contribution in [0, 0.1) is 6.92 Å². The number of benzene rings is 1. The molecule has 5 atom stereocenters. The third-order valence-corrected chi connectivity index (χ3v) is 6.78. The largest absolute Gasteiger partial charge is 0.486 e. The van der Waals surface area contributed by atoms with Gasteiger partial charge in [-0.1, -0.05) is 23.9 Å². The molecule has 1 fully saturated rings. The minimum absolute atomic E-state index is 0.147. The van der Waals surface area contributed by atoms with Gasteiger partial charge in [0.05, 0.1) is 0 Å². The molecule has 0 bridgehead atoms. The first-order valence-corrected chi connectivity index (χ1v) is 13.0. The average Bonchev–Trinajstić information content (AvgIpc) is 3.18. The summed E-state index contributed by atoms with van der Waals surface area (Å²) in [7, 11) is 1.75. The fourth-order valence-electron chi connectivity index (χ4n) is 3.92. The zero-order chi connectivity index (χ0) is 28.7. The maximum absolute atomic E-state index is 12.1. The van der Waals surface area contributed by atoms with Crippen LogP contribution in [0.3, 0.4) is 0 Å². The number of nitrogens with zero attached hydrogens (tertiary/aromatic N) is 3. The molecule has 0 radical (unpaired) electrons. The van der Waals surface area contributed by atoms with Crippen LogP contribution in [-0.4, -0.2) is 75.0 Å². The Hall–Kier alpha value is -3.65. The number of esters is 3.